The molecule has 0 N–H and O–H groups in total. The van der Waals surface area contributed by atoms with Crippen molar-refractivity contribution in [2.75, 3.05) is 6.54 Å². The maximum absolute atomic E-state index is 13.1. The Kier molecular flexibility index (Phi) is 4.46. The van der Waals surface area contributed by atoms with Crippen LogP contribution < -0.4 is 0 Å². The molecule has 7 heteroatoms. The molecule has 3 aromatic heterocycles. The summed E-state index contributed by atoms with van der Waals surface area (Å²) in [5.41, 5.74) is 3.19. The van der Waals surface area contributed by atoms with E-state index >= 15 is 0 Å². The van der Waals surface area contributed by atoms with Crippen molar-refractivity contribution in [3.63, 3.8) is 0 Å². The predicted octanol–water partition coefficient (Wildman–Crippen LogP) is 4.56. The molecule has 0 fully saturated rings. The largest absolute Gasteiger partial charge is 0.461 e. The molecule has 4 heterocycles. The summed E-state index contributed by atoms with van der Waals surface area (Å²) in [5, 5.41) is 0.916. The number of benzene rings is 1. The van der Waals surface area contributed by atoms with Crippen molar-refractivity contribution in [3.8, 4) is 22.2 Å². The van der Waals surface area contributed by atoms with Crippen LogP contribution in [0.3, 0.4) is 0 Å². The lowest BCUT2D eigenvalue weighted by Gasteiger charge is -2.27. The van der Waals surface area contributed by atoms with Crippen molar-refractivity contribution in [1.29, 1.82) is 0 Å². The molecule has 1 aliphatic rings. The highest BCUT2D eigenvalue weighted by molar-refractivity contribution is 7.15. The fourth-order valence-electron chi connectivity index (χ4n) is 3.36. The van der Waals surface area contributed by atoms with Crippen molar-refractivity contribution in [1.82, 2.24) is 19.9 Å². The first-order valence-corrected chi connectivity index (χ1v) is 9.88. The smallest absolute Gasteiger partial charge is 0.195 e. The average Bonchev–Trinajstić information content (AvgIpc) is 3.41. The number of hydrogen-bond acceptors (Lipinski definition) is 6. The number of hydrogen-bond donors (Lipinski definition) is 0. The van der Waals surface area contributed by atoms with Crippen molar-refractivity contribution in [2.24, 2.45) is 0 Å². The standard InChI is InChI=1S/C21H17FN4OS/c22-16-5-3-14(4-6-16)21-24-11-17(28-21)13-26-8-7-18-15(12-26)10-23-20(25-18)19-2-1-9-27-19/h1-6,9-11H,7-8,12-13H2. The van der Waals surface area contributed by atoms with Crippen molar-refractivity contribution in [3.05, 3.63) is 77.0 Å². The topological polar surface area (TPSA) is 55.1 Å². The van der Waals surface area contributed by atoms with Crippen LogP contribution in [0.2, 0.25) is 0 Å². The van der Waals surface area contributed by atoms with Gasteiger partial charge in [0.15, 0.2) is 11.6 Å². The van der Waals surface area contributed by atoms with Gasteiger partial charge in [-0.2, -0.15) is 0 Å². The molecule has 0 bridgehead atoms. The molecular formula is C21H17FN4OS. The minimum atomic E-state index is -0.232. The molecule has 0 spiro atoms. The zero-order valence-electron chi connectivity index (χ0n) is 15.0. The van der Waals surface area contributed by atoms with Crippen LogP contribution in [-0.2, 0) is 19.5 Å². The molecule has 0 unspecified atom stereocenters. The normalized spacial score (nSPS) is 14.2. The summed E-state index contributed by atoms with van der Waals surface area (Å²) in [6.07, 6.45) is 6.34. The van der Waals surface area contributed by atoms with Crippen molar-refractivity contribution < 1.29 is 8.81 Å². The molecule has 1 aliphatic heterocycles. The molecule has 1 aromatic carbocycles. The van der Waals surface area contributed by atoms with Crippen LogP contribution in [0.1, 0.15) is 16.1 Å². The summed E-state index contributed by atoms with van der Waals surface area (Å²) in [6, 6.07) is 10.2. The van der Waals surface area contributed by atoms with Gasteiger partial charge in [-0.25, -0.2) is 19.3 Å². The third kappa shape index (κ3) is 3.46. The second kappa shape index (κ2) is 7.26. The average molecular weight is 392 g/mol. The van der Waals surface area contributed by atoms with E-state index in [0.717, 1.165) is 47.9 Å². The van der Waals surface area contributed by atoms with Gasteiger partial charge in [0.25, 0.3) is 0 Å². The van der Waals surface area contributed by atoms with Gasteiger partial charge in [-0.15, -0.1) is 11.3 Å². The monoisotopic (exact) mass is 392 g/mol. The third-order valence-electron chi connectivity index (χ3n) is 4.78. The van der Waals surface area contributed by atoms with E-state index < -0.39 is 0 Å². The first-order chi connectivity index (χ1) is 13.7. The highest BCUT2D eigenvalue weighted by Gasteiger charge is 2.20. The van der Waals surface area contributed by atoms with Gasteiger partial charge in [-0.1, -0.05) is 0 Å². The zero-order valence-corrected chi connectivity index (χ0v) is 15.8. The number of furan rings is 1. The Bertz CT molecular complexity index is 1090. The Labute approximate surface area is 165 Å². The van der Waals surface area contributed by atoms with Crippen LogP contribution in [0, 0.1) is 5.82 Å². The zero-order chi connectivity index (χ0) is 18.9. The van der Waals surface area contributed by atoms with E-state index in [-0.39, 0.29) is 5.82 Å². The lowest BCUT2D eigenvalue weighted by atomic mass is 10.1. The highest BCUT2D eigenvalue weighted by Crippen LogP contribution is 2.28. The van der Waals surface area contributed by atoms with Crippen LogP contribution in [-0.4, -0.2) is 26.4 Å². The Morgan fingerprint density at radius 2 is 2.00 bits per heavy atom. The Balaban J connectivity index is 1.29. The quantitative estimate of drug-likeness (QED) is 0.510. The lowest BCUT2D eigenvalue weighted by Crippen LogP contribution is -2.30. The molecular weight excluding hydrogens is 375 g/mol. The van der Waals surface area contributed by atoms with Crippen LogP contribution in [0.5, 0.6) is 0 Å². The molecule has 0 amide bonds. The number of fused-ring (bicyclic) bond motifs is 1. The van der Waals surface area contributed by atoms with Gasteiger partial charge in [0.05, 0.1) is 12.0 Å². The molecule has 4 aromatic rings. The van der Waals surface area contributed by atoms with Gasteiger partial charge >= 0.3 is 0 Å². The molecule has 140 valence electrons. The van der Waals surface area contributed by atoms with Crippen molar-refractivity contribution >= 4 is 11.3 Å². The summed E-state index contributed by atoms with van der Waals surface area (Å²) < 4.78 is 18.5. The number of halogens is 1. The Morgan fingerprint density at radius 3 is 2.82 bits per heavy atom. The number of aromatic nitrogens is 3. The summed E-state index contributed by atoms with van der Waals surface area (Å²) >= 11 is 1.65. The molecule has 0 radical (unpaired) electrons. The van der Waals surface area contributed by atoms with Crippen molar-refractivity contribution in [2.45, 2.75) is 19.5 Å². The Morgan fingerprint density at radius 1 is 1.11 bits per heavy atom. The molecule has 5 rings (SSSR count). The molecule has 0 saturated heterocycles. The second-order valence-corrected chi connectivity index (χ2v) is 7.86. The highest BCUT2D eigenvalue weighted by atomic mass is 32.1. The lowest BCUT2D eigenvalue weighted by molar-refractivity contribution is 0.245. The van der Waals surface area contributed by atoms with Gasteiger partial charge < -0.3 is 4.42 Å². The molecule has 28 heavy (non-hydrogen) atoms. The van der Waals surface area contributed by atoms with Crippen LogP contribution in [0.25, 0.3) is 22.2 Å². The Hall–Kier alpha value is -2.90. The van der Waals surface area contributed by atoms with Crippen LogP contribution in [0.15, 0.2) is 59.5 Å². The van der Waals surface area contributed by atoms with E-state index in [1.54, 1.807) is 29.7 Å². The number of rotatable bonds is 4. The molecule has 0 saturated carbocycles. The maximum Gasteiger partial charge on any atom is 0.195 e. The minimum Gasteiger partial charge on any atom is -0.461 e. The first kappa shape index (κ1) is 17.2. The molecule has 0 aliphatic carbocycles. The van der Waals surface area contributed by atoms with Gasteiger partial charge in [-0.3, -0.25) is 4.90 Å². The van der Waals surface area contributed by atoms with Gasteiger partial charge in [-0.05, 0) is 36.4 Å². The molecule has 5 nitrogen and oxygen atoms in total. The third-order valence-corrected chi connectivity index (χ3v) is 5.81. The van der Waals surface area contributed by atoms with Crippen LogP contribution in [0.4, 0.5) is 4.39 Å². The van der Waals surface area contributed by atoms with E-state index in [1.807, 2.05) is 24.5 Å². The van der Waals surface area contributed by atoms with E-state index in [1.165, 1.54) is 17.0 Å². The first-order valence-electron chi connectivity index (χ1n) is 9.06. The van der Waals surface area contributed by atoms with E-state index in [9.17, 15) is 4.39 Å². The summed E-state index contributed by atoms with van der Waals surface area (Å²) in [5.74, 6) is 1.11. The van der Waals surface area contributed by atoms with E-state index in [0.29, 0.717) is 11.6 Å². The number of nitrogens with zero attached hydrogens (tertiary/aromatic N) is 4. The van der Waals surface area contributed by atoms with Gasteiger partial charge in [0.2, 0.25) is 0 Å². The summed E-state index contributed by atoms with van der Waals surface area (Å²) in [6.45, 7) is 2.58. The fourth-order valence-corrected chi connectivity index (χ4v) is 4.32. The SMILES string of the molecule is Fc1ccc(-c2ncc(CN3CCc4nc(-c5ccco5)ncc4C3)s2)cc1. The van der Waals surface area contributed by atoms with E-state index in [2.05, 4.69) is 19.9 Å². The molecule has 0 atom stereocenters. The fraction of sp³-hybridized carbons (Fsp3) is 0.190. The summed E-state index contributed by atoms with van der Waals surface area (Å²) in [4.78, 5) is 17.2. The minimum absolute atomic E-state index is 0.232. The number of thiazole rings is 1. The van der Waals surface area contributed by atoms with E-state index in [4.69, 9.17) is 4.42 Å². The van der Waals surface area contributed by atoms with Gasteiger partial charge in [0, 0.05) is 54.5 Å². The maximum atomic E-state index is 13.1. The predicted molar refractivity (Wildman–Crippen MR) is 105 cm³/mol. The van der Waals surface area contributed by atoms with Gasteiger partial charge in [0.1, 0.15) is 10.8 Å². The second-order valence-electron chi connectivity index (χ2n) is 6.74. The van der Waals surface area contributed by atoms with Crippen LogP contribution >= 0.6 is 11.3 Å². The summed E-state index contributed by atoms with van der Waals surface area (Å²) in [7, 11) is 0.